The monoisotopic (exact) mass is 400 g/mol. The number of amides is 1. The van der Waals surface area contributed by atoms with E-state index in [2.05, 4.69) is 11.6 Å². The van der Waals surface area contributed by atoms with E-state index in [1.165, 1.54) is 6.08 Å². The summed E-state index contributed by atoms with van der Waals surface area (Å²) in [4.78, 5) is 15.8. The third kappa shape index (κ3) is 8.15. The summed E-state index contributed by atoms with van der Waals surface area (Å²) in [7, 11) is 1.69. The Labute approximate surface area is 172 Å². The number of phenolic OH excluding ortho intramolecular Hbond substituents is 1. The van der Waals surface area contributed by atoms with Crippen LogP contribution in [0.2, 0.25) is 0 Å². The number of nitrogens with two attached hydrogens (primary N) is 2. The van der Waals surface area contributed by atoms with Gasteiger partial charge in [0, 0.05) is 49.8 Å². The molecule has 2 aromatic rings. The van der Waals surface area contributed by atoms with Gasteiger partial charge in [-0.25, -0.2) is 0 Å². The molecule has 1 amide bonds. The second-order valence-electron chi connectivity index (χ2n) is 6.29. The van der Waals surface area contributed by atoms with E-state index in [0.29, 0.717) is 17.1 Å². The molecule has 6 N–H and O–H groups in total. The molecule has 0 saturated carbocycles. The molecule has 7 heteroatoms. The van der Waals surface area contributed by atoms with Crippen LogP contribution in [0.4, 0.5) is 5.82 Å². The van der Waals surface area contributed by atoms with Gasteiger partial charge in [0.25, 0.3) is 0 Å². The molecule has 0 fully saturated rings. The van der Waals surface area contributed by atoms with Gasteiger partial charge in [-0.05, 0) is 50.1 Å². The Morgan fingerprint density at radius 3 is 2.59 bits per heavy atom. The lowest BCUT2D eigenvalue weighted by atomic mass is 10.1. The van der Waals surface area contributed by atoms with Crippen molar-refractivity contribution in [1.82, 2.24) is 9.88 Å². The Bertz CT molecular complexity index is 799. The molecule has 7 nitrogen and oxygen atoms in total. The molecule has 158 valence electrons. The topological polar surface area (TPSA) is 118 Å². The number of nitrogen functional groups attached to an aromatic ring is 1. The molecule has 1 aromatic heterocycles. The highest BCUT2D eigenvalue weighted by Gasteiger charge is 2.06. The van der Waals surface area contributed by atoms with Crippen molar-refractivity contribution in [2.75, 3.05) is 32.5 Å². The minimum atomic E-state index is 0.0138. The van der Waals surface area contributed by atoms with Crippen LogP contribution in [0.15, 0.2) is 49.2 Å². The predicted molar refractivity (Wildman–Crippen MR) is 119 cm³/mol. The molecule has 0 atom stereocenters. The number of anilines is 1. The SMILES string of the molecule is C=CC(=O)N(CC)CCCCOC.N/C(=C\c1cc[nH]c1N)c1ccccc1O. The molecule has 29 heavy (non-hydrogen) atoms. The minimum Gasteiger partial charge on any atom is -0.507 e. The number of aromatic hydroxyl groups is 1. The summed E-state index contributed by atoms with van der Waals surface area (Å²) in [5.41, 5.74) is 13.5. The first kappa shape index (κ1) is 23.8. The molecule has 1 aromatic carbocycles. The first-order valence-corrected chi connectivity index (χ1v) is 9.53. The summed E-state index contributed by atoms with van der Waals surface area (Å²) in [5.74, 6) is 0.726. The Kier molecular flexibility index (Phi) is 10.7. The smallest absolute Gasteiger partial charge is 0.245 e. The van der Waals surface area contributed by atoms with Crippen molar-refractivity contribution in [2.45, 2.75) is 19.8 Å². The first-order chi connectivity index (χ1) is 13.9. The highest BCUT2D eigenvalue weighted by molar-refractivity contribution is 5.87. The second kappa shape index (κ2) is 13.1. The van der Waals surface area contributed by atoms with Crippen molar-refractivity contribution in [3.63, 3.8) is 0 Å². The number of H-pyrrole nitrogens is 1. The van der Waals surface area contributed by atoms with Crippen LogP contribution in [-0.4, -0.2) is 47.7 Å². The van der Waals surface area contributed by atoms with E-state index in [9.17, 15) is 9.90 Å². The van der Waals surface area contributed by atoms with Gasteiger partial charge in [0.1, 0.15) is 11.6 Å². The van der Waals surface area contributed by atoms with Gasteiger partial charge in [-0.1, -0.05) is 18.7 Å². The molecule has 0 bridgehead atoms. The van der Waals surface area contributed by atoms with Gasteiger partial charge in [-0.15, -0.1) is 0 Å². The van der Waals surface area contributed by atoms with Crippen LogP contribution in [-0.2, 0) is 9.53 Å². The molecule has 0 unspecified atom stereocenters. The van der Waals surface area contributed by atoms with E-state index in [1.54, 1.807) is 42.5 Å². The Hall–Kier alpha value is -3.19. The summed E-state index contributed by atoms with van der Waals surface area (Å²) in [5, 5.41) is 9.62. The normalized spacial score (nSPS) is 10.8. The zero-order chi connectivity index (χ0) is 21.6. The number of aromatic amines is 1. The van der Waals surface area contributed by atoms with Crippen LogP contribution in [0, 0.1) is 0 Å². The van der Waals surface area contributed by atoms with Crippen LogP contribution in [0.3, 0.4) is 0 Å². The molecule has 0 radical (unpaired) electrons. The van der Waals surface area contributed by atoms with Crippen molar-refractivity contribution in [3.8, 4) is 5.75 Å². The molecule has 0 saturated heterocycles. The van der Waals surface area contributed by atoms with Crippen LogP contribution >= 0.6 is 0 Å². The maximum Gasteiger partial charge on any atom is 0.245 e. The van der Waals surface area contributed by atoms with Crippen molar-refractivity contribution < 1.29 is 14.6 Å². The number of hydrogen-bond acceptors (Lipinski definition) is 5. The van der Waals surface area contributed by atoms with Gasteiger partial charge >= 0.3 is 0 Å². The molecule has 0 aliphatic carbocycles. The number of ether oxygens (including phenoxy) is 1. The maximum atomic E-state index is 11.2. The number of rotatable bonds is 9. The molecule has 2 rings (SSSR count). The summed E-state index contributed by atoms with van der Waals surface area (Å²) in [6.45, 7) is 7.74. The fourth-order valence-corrected chi connectivity index (χ4v) is 2.59. The van der Waals surface area contributed by atoms with E-state index < -0.39 is 0 Å². The van der Waals surface area contributed by atoms with Crippen molar-refractivity contribution >= 4 is 23.5 Å². The highest BCUT2D eigenvalue weighted by atomic mass is 16.5. The highest BCUT2D eigenvalue weighted by Crippen LogP contribution is 2.24. The lowest BCUT2D eigenvalue weighted by molar-refractivity contribution is -0.125. The fraction of sp³-hybridized carbons (Fsp3) is 0.318. The number of phenols is 1. The number of nitrogens with one attached hydrogen (secondary N) is 1. The van der Waals surface area contributed by atoms with E-state index >= 15 is 0 Å². The average molecular weight is 401 g/mol. The summed E-state index contributed by atoms with van der Waals surface area (Å²) < 4.78 is 4.92. The number of hydrogen-bond donors (Lipinski definition) is 4. The van der Waals surface area contributed by atoms with Crippen LogP contribution in [0.5, 0.6) is 5.75 Å². The van der Waals surface area contributed by atoms with Crippen molar-refractivity contribution in [2.24, 2.45) is 5.73 Å². The predicted octanol–water partition coefficient (Wildman–Crippen LogP) is 3.21. The molecule has 0 aliphatic rings. The molecule has 0 aliphatic heterocycles. The van der Waals surface area contributed by atoms with Gasteiger partial charge in [-0.3, -0.25) is 4.79 Å². The van der Waals surface area contributed by atoms with Gasteiger partial charge < -0.3 is 31.2 Å². The summed E-state index contributed by atoms with van der Waals surface area (Å²) in [6.07, 6.45) is 6.80. The van der Waals surface area contributed by atoms with Gasteiger partial charge in [-0.2, -0.15) is 0 Å². The maximum absolute atomic E-state index is 11.2. The molecule has 0 spiro atoms. The molecular formula is C22H32N4O3. The number of likely N-dealkylation sites (N-methyl/N-ethyl adjacent to an activating group) is 1. The Morgan fingerprint density at radius 1 is 1.31 bits per heavy atom. The lowest BCUT2D eigenvalue weighted by Gasteiger charge is -2.18. The lowest BCUT2D eigenvalue weighted by Crippen LogP contribution is -2.30. The summed E-state index contributed by atoms with van der Waals surface area (Å²) >= 11 is 0. The quantitative estimate of drug-likeness (QED) is 0.381. The third-order valence-electron chi connectivity index (χ3n) is 4.23. The van der Waals surface area contributed by atoms with Crippen LogP contribution in [0.1, 0.15) is 30.9 Å². The van der Waals surface area contributed by atoms with Gasteiger partial charge in [0.15, 0.2) is 0 Å². The third-order valence-corrected chi connectivity index (χ3v) is 4.23. The number of para-hydroxylation sites is 1. The van der Waals surface area contributed by atoms with Crippen LogP contribution in [0.25, 0.3) is 11.8 Å². The molecular weight excluding hydrogens is 368 g/mol. The number of benzene rings is 1. The average Bonchev–Trinajstić information content (AvgIpc) is 3.12. The minimum absolute atomic E-state index is 0.0138. The van der Waals surface area contributed by atoms with E-state index in [1.807, 2.05) is 19.1 Å². The standard InChI is InChI=1S/C12H13N3O.C10H19NO2/c13-10(7-8-5-6-15-12(8)14)9-3-1-2-4-11(9)16;1-4-10(12)11(5-2)8-6-7-9-13-3/h1-7,15-16H,13-14H2;4H,1,5-9H2,2-3H3/b10-7-;. The fourth-order valence-electron chi connectivity index (χ4n) is 2.59. The van der Waals surface area contributed by atoms with Crippen molar-refractivity contribution in [3.05, 3.63) is 60.3 Å². The Morgan fingerprint density at radius 2 is 2.03 bits per heavy atom. The number of carbonyl (C=O) groups is 1. The van der Waals surface area contributed by atoms with E-state index in [4.69, 9.17) is 16.2 Å². The van der Waals surface area contributed by atoms with Crippen LogP contribution < -0.4 is 11.5 Å². The number of nitrogens with zero attached hydrogens (tertiary/aromatic N) is 1. The van der Waals surface area contributed by atoms with E-state index in [-0.39, 0.29) is 11.7 Å². The van der Waals surface area contributed by atoms with Gasteiger partial charge in [0.2, 0.25) is 5.91 Å². The zero-order valence-corrected chi connectivity index (χ0v) is 17.2. The number of aromatic nitrogens is 1. The van der Waals surface area contributed by atoms with Crippen molar-refractivity contribution in [1.29, 1.82) is 0 Å². The summed E-state index contributed by atoms with van der Waals surface area (Å²) in [6, 6.07) is 8.73. The first-order valence-electron chi connectivity index (χ1n) is 9.53. The number of carbonyl (C=O) groups excluding carboxylic acids is 1. The zero-order valence-electron chi connectivity index (χ0n) is 17.2. The second-order valence-corrected chi connectivity index (χ2v) is 6.29. The largest absolute Gasteiger partial charge is 0.507 e. The number of methoxy groups -OCH3 is 1. The molecule has 1 heterocycles. The van der Waals surface area contributed by atoms with E-state index in [0.717, 1.165) is 38.1 Å². The van der Waals surface area contributed by atoms with Gasteiger partial charge in [0.05, 0.1) is 0 Å². The Balaban J connectivity index is 0.000000298. The number of unbranched alkanes of at least 4 members (excludes halogenated alkanes) is 1.